The van der Waals surface area contributed by atoms with E-state index in [1.54, 1.807) is 0 Å². The van der Waals surface area contributed by atoms with Crippen LogP contribution in [0, 0.1) is 0 Å². The molecule has 0 atom stereocenters. The van der Waals surface area contributed by atoms with E-state index < -0.39 is 0 Å². The molecule has 136 valence electrons. The average Bonchev–Trinajstić information content (AvgIpc) is 2.73. The third kappa shape index (κ3) is 3.69. The number of benzene rings is 4. The van der Waals surface area contributed by atoms with Crippen LogP contribution in [0.4, 0.5) is 5.69 Å². The van der Waals surface area contributed by atoms with E-state index in [1.807, 2.05) is 25.1 Å². The summed E-state index contributed by atoms with van der Waals surface area (Å²) in [6, 6.07) is 31.6. The quantitative estimate of drug-likeness (QED) is 0.293. The van der Waals surface area contributed by atoms with Crippen LogP contribution in [0.5, 0.6) is 0 Å². The fraction of sp³-hybridized carbons (Fsp3) is 0.0385. The largest absolute Gasteiger partial charge is 0.246 e. The van der Waals surface area contributed by atoms with Crippen molar-refractivity contribution in [2.45, 2.75) is 6.92 Å². The summed E-state index contributed by atoms with van der Waals surface area (Å²) in [5, 5.41) is 2.52. The zero-order valence-electron chi connectivity index (χ0n) is 15.7. The van der Waals surface area contributed by atoms with E-state index in [-0.39, 0.29) is 0 Å². The molecular formula is C26H20BrN. The summed E-state index contributed by atoms with van der Waals surface area (Å²) in [7, 11) is 0. The summed E-state index contributed by atoms with van der Waals surface area (Å²) in [6.45, 7) is 6.26. The Labute approximate surface area is 174 Å². The third-order valence-corrected chi connectivity index (χ3v) is 5.02. The van der Waals surface area contributed by atoms with E-state index in [0.29, 0.717) is 0 Å². The molecule has 4 aromatic carbocycles. The van der Waals surface area contributed by atoms with Gasteiger partial charge in [-0.05, 0) is 62.0 Å². The van der Waals surface area contributed by atoms with Gasteiger partial charge in [0.25, 0.3) is 0 Å². The highest BCUT2D eigenvalue weighted by molar-refractivity contribution is 9.18. The molecule has 0 aliphatic carbocycles. The first-order valence-electron chi connectivity index (χ1n) is 9.21. The highest BCUT2D eigenvalue weighted by Gasteiger charge is 2.09. The van der Waals surface area contributed by atoms with Gasteiger partial charge in [-0.2, -0.15) is 0 Å². The standard InChI is InChI=1S/C26H20BrN/c1-18(23-10-5-6-13-26(23)28-19(2)27)20-14-16-22(17-15-20)25-12-7-9-21-8-3-4-11-24(21)25/h3-17H,1H2,2H3. The molecule has 0 aliphatic heterocycles. The fourth-order valence-electron chi connectivity index (χ4n) is 3.48. The van der Waals surface area contributed by atoms with Crippen molar-refractivity contribution in [2.75, 3.05) is 0 Å². The lowest BCUT2D eigenvalue weighted by molar-refractivity contribution is 1.47. The van der Waals surface area contributed by atoms with E-state index in [2.05, 4.69) is 100 Å². The van der Waals surface area contributed by atoms with Crippen LogP contribution >= 0.6 is 15.9 Å². The molecule has 0 saturated carbocycles. The topological polar surface area (TPSA) is 12.4 Å². The van der Waals surface area contributed by atoms with Gasteiger partial charge in [0.05, 0.1) is 10.3 Å². The summed E-state index contributed by atoms with van der Waals surface area (Å²) in [5.74, 6) is 0. The van der Waals surface area contributed by atoms with Crippen LogP contribution in [0.25, 0.3) is 27.5 Å². The van der Waals surface area contributed by atoms with Crippen molar-refractivity contribution >= 4 is 42.6 Å². The summed E-state index contributed by atoms with van der Waals surface area (Å²) < 4.78 is 0.846. The molecule has 0 saturated heterocycles. The van der Waals surface area contributed by atoms with Gasteiger partial charge in [-0.3, -0.25) is 0 Å². The van der Waals surface area contributed by atoms with Gasteiger partial charge in [0.2, 0.25) is 0 Å². The minimum atomic E-state index is 0.846. The van der Waals surface area contributed by atoms with Gasteiger partial charge in [0, 0.05) is 5.56 Å². The Hall–Kier alpha value is -2.97. The van der Waals surface area contributed by atoms with Crippen molar-refractivity contribution in [3.8, 4) is 11.1 Å². The van der Waals surface area contributed by atoms with E-state index in [0.717, 1.165) is 27.0 Å². The van der Waals surface area contributed by atoms with Crippen molar-refractivity contribution < 1.29 is 0 Å². The molecule has 0 spiro atoms. The summed E-state index contributed by atoms with van der Waals surface area (Å²) in [6.07, 6.45) is 0. The number of rotatable bonds is 4. The summed E-state index contributed by atoms with van der Waals surface area (Å²) in [4.78, 5) is 4.58. The van der Waals surface area contributed by atoms with Gasteiger partial charge < -0.3 is 0 Å². The predicted molar refractivity (Wildman–Crippen MR) is 126 cm³/mol. The molecule has 1 nitrogen and oxygen atoms in total. The summed E-state index contributed by atoms with van der Waals surface area (Å²) >= 11 is 3.43. The molecule has 0 fully saturated rings. The molecule has 28 heavy (non-hydrogen) atoms. The van der Waals surface area contributed by atoms with Crippen molar-refractivity contribution in [2.24, 2.45) is 4.99 Å². The lowest BCUT2D eigenvalue weighted by atomic mass is 9.94. The second-order valence-electron chi connectivity index (χ2n) is 6.71. The van der Waals surface area contributed by atoms with Crippen molar-refractivity contribution in [1.29, 1.82) is 0 Å². The smallest absolute Gasteiger partial charge is 0.0805 e. The first kappa shape index (κ1) is 18.4. The van der Waals surface area contributed by atoms with E-state index >= 15 is 0 Å². The zero-order valence-corrected chi connectivity index (χ0v) is 17.3. The zero-order chi connectivity index (χ0) is 19.5. The molecule has 0 unspecified atom stereocenters. The third-order valence-electron chi connectivity index (χ3n) is 4.84. The number of halogens is 1. The molecule has 0 radical (unpaired) electrons. The Balaban J connectivity index is 1.71. The molecule has 4 rings (SSSR count). The lowest BCUT2D eigenvalue weighted by Crippen LogP contribution is -1.89. The number of hydrogen-bond donors (Lipinski definition) is 0. The van der Waals surface area contributed by atoms with Crippen LogP contribution in [0.1, 0.15) is 18.1 Å². The minimum absolute atomic E-state index is 0.846. The highest BCUT2D eigenvalue weighted by Crippen LogP contribution is 2.33. The lowest BCUT2D eigenvalue weighted by Gasteiger charge is -2.11. The van der Waals surface area contributed by atoms with Crippen LogP contribution in [0.3, 0.4) is 0 Å². The minimum Gasteiger partial charge on any atom is -0.246 e. The second kappa shape index (κ2) is 7.95. The van der Waals surface area contributed by atoms with E-state index in [4.69, 9.17) is 0 Å². The van der Waals surface area contributed by atoms with Gasteiger partial charge in [-0.15, -0.1) is 0 Å². The molecule has 0 amide bonds. The monoisotopic (exact) mass is 425 g/mol. The number of aliphatic imine (C=N–C) groups is 1. The number of nitrogens with zero attached hydrogens (tertiary/aromatic N) is 1. The second-order valence-corrected chi connectivity index (χ2v) is 7.86. The molecule has 0 aromatic heterocycles. The van der Waals surface area contributed by atoms with Gasteiger partial charge in [-0.25, -0.2) is 4.99 Å². The SMILES string of the molecule is C=C(c1ccc(-c2cccc3ccccc23)cc1)c1ccccc1N=C(C)Br. The Kier molecular flexibility index (Phi) is 5.23. The van der Waals surface area contributed by atoms with Crippen LogP contribution in [0.2, 0.25) is 0 Å². The van der Waals surface area contributed by atoms with Gasteiger partial charge in [0.1, 0.15) is 0 Å². The molecule has 0 heterocycles. The average molecular weight is 426 g/mol. The normalized spacial score (nSPS) is 11.6. The molecular weight excluding hydrogens is 406 g/mol. The molecule has 4 aromatic rings. The maximum Gasteiger partial charge on any atom is 0.0805 e. The maximum absolute atomic E-state index is 4.58. The fourth-order valence-corrected chi connectivity index (χ4v) is 3.67. The molecule has 2 heteroatoms. The maximum atomic E-state index is 4.58. The Morgan fingerprint density at radius 1 is 0.786 bits per heavy atom. The Morgan fingerprint density at radius 3 is 2.25 bits per heavy atom. The summed E-state index contributed by atoms with van der Waals surface area (Å²) in [5.41, 5.74) is 6.47. The predicted octanol–water partition coefficient (Wildman–Crippen LogP) is 8.01. The Morgan fingerprint density at radius 2 is 1.46 bits per heavy atom. The van der Waals surface area contributed by atoms with Gasteiger partial charge >= 0.3 is 0 Å². The number of para-hydroxylation sites is 1. The van der Waals surface area contributed by atoms with Gasteiger partial charge in [-0.1, -0.05) is 91.5 Å². The van der Waals surface area contributed by atoms with Crippen molar-refractivity contribution in [3.05, 3.63) is 109 Å². The van der Waals surface area contributed by atoms with Crippen LogP contribution in [-0.4, -0.2) is 4.62 Å². The van der Waals surface area contributed by atoms with Crippen LogP contribution < -0.4 is 0 Å². The van der Waals surface area contributed by atoms with E-state index in [9.17, 15) is 0 Å². The Bertz CT molecular complexity index is 1180. The molecule has 0 N–H and O–H groups in total. The molecule has 0 bridgehead atoms. The highest BCUT2D eigenvalue weighted by atomic mass is 79.9. The number of hydrogen-bond acceptors (Lipinski definition) is 1. The van der Waals surface area contributed by atoms with Gasteiger partial charge in [0.15, 0.2) is 0 Å². The van der Waals surface area contributed by atoms with Crippen molar-refractivity contribution in [1.82, 2.24) is 0 Å². The van der Waals surface area contributed by atoms with E-state index in [1.165, 1.54) is 21.9 Å². The van der Waals surface area contributed by atoms with Crippen molar-refractivity contribution in [3.63, 3.8) is 0 Å². The first-order valence-corrected chi connectivity index (χ1v) is 10.0. The number of fused-ring (bicyclic) bond motifs is 1. The van der Waals surface area contributed by atoms with Crippen LogP contribution in [-0.2, 0) is 0 Å². The first-order chi connectivity index (χ1) is 13.6. The van der Waals surface area contributed by atoms with Crippen LogP contribution in [0.15, 0.2) is 103 Å². The molecule has 0 aliphatic rings.